The maximum Gasteiger partial charge on any atom is 0.258 e. The van der Waals surface area contributed by atoms with Crippen LogP contribution in [0.3, 0.4) is 0 Å². The lowest BCUT2D eigenvalue weighted by atomic mass is 10.1. The molecule has 0 bridgehead atoms. The van der Waals surface area contributed by atoms with Crippen LogP contribution in [0.25, 0.3) is 0 Å². The lowest BCUT2D eigenvalue weighted by molar-refractivity contribution is 0.101. The molecule has 0 spiro atoms. The van der Waals surface area contributed by atoms with Gasteiger partial charge in [-0.3, -0.25) is 9.59 Å². The normalized spacial score (nSPS) is 10.2. The summed E-state index contributed by atoms with van der Waals surface area (Å²) in [4.78, 5) is 24.8. The van der Waals surface area contributed by atoms with Gasteiger partial charge >= 0.3 is 0 Å². The van der Waals surface area contributed by atoms with Crippen molar-refractivity contribution < 1.29 is 18.7 Å². The summed E-state index contributed by atoms with van der Waals surface area (Å²) < 4.78 is 19.1. The van der Waals surface area contributed by atoms with Crippen LogP contribution in [0.15, 0.2) is 66.7 Å². The second-order valence-electron chi connectivity index (χ2n) is 6.17. The van der Waals surface area contributed by atoms with E-state index in [1.54, 1.807) is 42.5 Å². The third-order valence-electron chi connectivity index (χ3n) is 4.10. The van der Waals surface area contributed by atoms with Crippen LogP contribution in [0.1, 0.15) is 26.3 Å². The van der Waals surface area contributed by atoms with E-state index >= 15 is 0 Å². The maximum absolute atomic E-state index is 13.8. The molecule has 0 saturated carbocycles. The zero-order valence-electron chi connectivity index (χ0n) is 15.5. The molecule has 0 saturated heterocycles. The summed E-state index contributed by atoms with van der Waals surface area (Å²) >= 11 is 0. The molecule has 5 nitrogen and oxygen atoms in total. The SMILES string of the molecule is COc1ccc(NC(=O)c2ccccc2F)cc1NC(=O)c1cccc(C)c1. The number of hydrogen-bond acceptors (Lipinski definition) is 3. The van der Waals surface area contributed by atoms with Crippen molar-refractivity contribution >= 4 is 23.2 Å². The molecule has 142 valence electrons. The predicted octanol–water partition coefficient (Wildman–Crippen LogP) is 4.65. The Bertz CT molecular complexity index is 1030. The summed E-state index contributed by atoms with van der Waals surface area (Å²) in [5.41, 5.74) is 2.19. The largest absolute Gasteiger partial charge is 0.495 e. The number of hydrogen-bond donors (Lipinski definition) is 2. The smallest absolute Gasteiger partial charge is 0.258 e. The lowest BCUT2D eigenvalue weighted by Crippen LogP contribution is -2.15. The second-order valence-corrected chi connectivity index (χ2v) is 6.17. The predicted molar refractivity (Wildman–Crippen MR) is 106 cm³/mol. The number of rotatable bonds is 5. The van der Waals surface area contributed by atoms with Gasteiger partial charge < -0.3 is 15.4 Å². The Labute approximate surface area is 162 Å². The minimum absolute atomic E-state index is 0.0661. The second kappa shape index (κ2) is 8.35. The van der Waals surface area contributed by atoms with Gasteiger partial charge in [-0.25, -0.2) is 4.39 Å². The van der Waals surface area contributed by atoms with Crippen molar-refractivity contribution in [3.63, 3.8) is 0 Å². The molecule has 3 aromatic rings. The Hall–Kier alpha value is -3.67. The quantitative estimate of drug-likeness (QED) is 0.679. The first-order chi connectivity index (χ1) is 13.5. The Kier molecular flexibility index (Phi) is 5.69. The van der Waals surface area contributed by atoms with Crippen LogP contribution < -0.4 is 15.4 Å². The number of benzene rings is 3. The van der Waals surface area contributed by atoms with Crippen molar-refractivity contribution in [2.45, 2.75) is 6.92 Å². The molecule has 3 rings (SSSR count). The van der Waals surface area contributed by atoms with E-state index in [1.165, 1.54) is 25.3 Å². The molecule has 0 fully saturated rings. The molecule has 28 heavy (non-hydrogen) atoms. The molecule has 0 aliphatic carbocycles. The zero-order chi connectivity index (χ0) is 20.1. The van der Waals surface area contributed by atoms with Gasteiger partial charge in [-0.2, -0.15) is 0 Å². The molecule has 0 radical (unpaired) electrons. The van der Waals surface area contributed by atoms with Crippen LogP contribution in [0, 0.1) is 12.7 Å². The van der Waals surface area contributed by atoms with Gasteiger partial charge in [0.25, 0.3) is 11.8 Å². The van der Waals surface area contributed by atoms with Crippen LogP contribution in [-0.2, 0) is 0 Å². The standard InChI is InChI=1S/C22H19FN2O3/c1-14-6-5-7-15(12-14)21(26)25-19-13-16(10-11-20(19)28-2)24-22(27)17-8-3-4-9-18(17)23/h3-13H,1-2H3,(H,24,27)(H,25,26). The number of methoxy groups -OCH3 is 1. The fraction of sp³-hybridized carbons (Fsp3) is 0.0909. The van der Waals surface area contributed by atoms with Crippen molar-refractivity contribution in [1.29, 1.82) is 0 Å². The van der Waals surface area contributed by atoms with Gasteiger partial charge in [-0.05, 0) is 49.4 Å². The fourth-order valence-corrected chi connectivity index (χ4v) is 2.71. The Morgan fingerprint density at radius 1 is 0.893 bits per heavy atom. The number of anilines is 2. The Balaban J connectivity index is 1.83. The van der Waals surface area contributed by atoms with Gasteiger partial charge in [0.15, 0.2) is 0 Å². The van der Waals surface area contributed by atoms with Crippen LogP contribution in [-0.4, -0.2) is 18.9 Å². The van der Waals surface area contributed by atoms with Gasteiger partial charge in [0.2, 0.25) is 0 Å². The molecule has 0 unspecified atom stereocenters. The van der Waals surface area contributed by atoms with Crippen LogP contribution >= 0.6 is 0 Å². The highest BCUT2D eigenvalue weighted by Gasteiger charge is 2.14. The maximum atomic E-state index is 13.8. The van der Waals surface area contributed by atoms with Crippen molar-refractivity contribution in [1.82, 2.24) is 0 Å². The number of ether oxygens (including phenoxy) is 1. The molecule has 3 aromatic carbocycles. The highest BCUT2D eigenvalue weighted by atomic mass is 19.1. The summed E-state index contributed by atoms with van der Waals surface area (Å²) in [5.74, 6) is -1.06. The minimum atomic E-state index is -0.610. The summed E-state index contributed by atoms with van der Waals surface area (Å²) in [5, 5.41) is 5.41. The van der Waals surface area contributed by atoms with Crippen molar-refractivity contribution in [3.8, 4) is 5.75 Å². The number of nitrogens with one attached hydrogen (secondary N) is 2. The molecule has 0 aromatic heterocycles. The van der Waals surface area contributed by atoms with E-state index in [-0.39, 0.29) is 11.5 Å². The summed E-state index contributed by atoms with van der Waals surface area (Å²) in [6.07, 6.45) is 0. The van der Waals surface area contributed by atoms with Crippen LogP contribution in [0.5, 0.6) is 5.75 Å². The van der Waals surface area contributed by atoms with Gasteiger partial charge in [0.1, 0.15) is 11.6 Å². The molecule has 2 amide bonds. The van der Waals surface area contributed by atoms with Crippen molar-refractivity contribution in [2.24, 2.45) is 0 Å². The number of amides is 2. The van der Waals surface area contributed by atoms with E-state index in [9.17, 15) is 14.0 Å². The van der Waals surface area contributed by atoms with E-state index in [4.69, 9.17) is 4.74 Å². The minimum Gasteiger partial charge on any atom is -0.495 e. The third-order valence-corrected chi connectivity index (χ3v) is 4.10. The number of aryl methyl sites for hydroxylation is 1. The molecule has 0 aliphatic rings. The van der Waals surface area contributed by atoms with Crippen LogP contribution in [0.2, 0.25) is 0 Å². The molecular weight excluding hydrogens is 359 g/mol. The fourth-order valence-electron chi connectivity index (χ4n) is 2.71. The third kappa shape index (κ3) is 4.35. The first-order valence-electron chi connectivity index (χ1n) is 8.60. The van der Waals surface area contributed by atoms with Gasteiger partial charge in [0, 0.05) is 11.3 Å². The first kappa shape index (κ1) is 19.1. The van der Waals surface area contributed by atoms with E-state index in [0.717, 1.165) is 5.56 Å². The summed E-state index contributed by atoms with van der Waals surface area (Å²) in [6, 6.07) is 17.7. The topological polar surface area (TPSA) is 67.4 Å². The number of halogens is 1. The Morgan fingerprint density at radius 3 is 2.39 bits per heavy atom. The van der Waals surface area contributed by atoms with Crippen molar-refractivity contribution in [3.05, 3.63) is 89.2 Å². The summed E-state index contributed by atoms with van der Waals surface area (Å²) in [6.45, 7) is 1.90. The zero-order valence-corrected chi connectivity index (χ0v) is 15.5. The molecule has 0 heterocycles. The summed E-state index contributed by atoms with van der Waals surface area (Å²) in [7, 11) is 1.48. The van der Waals surface area contributed by atoms with E-state index in [0.29, 0.717) is 22.7 Å². The molecule has 2 N–H and O–H groups in total. The molecule has 0 atom stereocenters. The average Bonchev–Trinajstić information content (AvgIpc) is 2.68. The molecule has 0 aliphatic heterocycles. The van der Waals surface area contributed by atoms with Gasteiger partial charge in [-0.15, -0.1) is 0 Å². The van der Waals surface area contributed by atoms with E-state index in [2.05, 4.69) is 10.6 Å². The lowest BCUT2D eigenvalue weighted by Gasteiger charge is -2.13. The Morgan fingerprint density at radius 2 is 1.68 bits per heavy atom. The van der Waals surface area contributed by atoms with Gasteiger partial charge in [-0.1, -0.05) is 29.8 Å². The molecule has 6 heteroatoms. The monoisotopic (exact) mass is 378 g/mol. The highest BCUT2D eigenvalue weighted by molar-refractivity contribution is 6.07. The molecular formula is C22H19FN2O3. The van der Waals surface area contributed by atoms with Crippen molar-refractivity contribution in [2.75, 3.05) is 17.7 Å². The first-order valence-corrected chi connectivity index (χ1v) is 8.60. The van der Waals surface area contributed by atoms with E-state index < -0.39 is 11.7 Å². The highest BCUT2D eigenvalue weighted by Crippen LogP contribution is 2.28. The number of carbonyl (C=O) groups is 2. The van der Waals surface area contributed by atoms with E-state index in [1.807, 2.05) is 13.0 Å². The number of carbonyl (C=O) groups excluding carboxylic acids is 2. The average molecular weight is 378 g/mol. The van der Waals surface area contributed by atoms with Gasteiger partial charge in [0.05, 0.1) is 18.4 Å². The van der Waals surface area contributed by atoms with Crippen LogP contribution in [0.4, 0.5) is 15.8 Å².